The summed E-state index contributed by atoms with van der Waals surface area (Å²) >= 11 is 0. The fourth-order valence-corrected chi connectivity index (χ4v) is 5.72. The summed E-state index contributed by atoms with van der Waals surface area (Å²) in [5.74, 6) is -0.305. The maximum atomic E-state index is 12.8. The molecular formula is C25H29N3O4S. The third-order valence-corrected chi connectivity index (χ3v) is 8.29. The molecule has 8 heteroatoms. The molecule has 0 aliphatic carbocycles. The number of benzene rings is 2. The number of carbonyl (C=O) groups excluding carboxylic acids is 1. The lowest BCUT2D eigenvalue weighted by molar-refractivity contribution is 0.0954. The number of carbonyl (C=O) groups is 1. The highest BCUT2D eigenvalue weighted by molar-refractivity contribution is 7.89. The number of hydrogen-bond donors (Lipinski definition) is 2. The van der Waals surface area contributed by atoms with Crippen LogP contribution in [0.4, 0.5) is 0 Å². The smallest absolute Gasteiger partial charge is 0.251 e. The Bertz CT molecular complexity index is 1340. The van der Waals surface area contributed by atoms with Crippen LogP contribution < -0.4 is 10.9 Å². The minimum absolute atomic E-state index is 0.155. The quantitative estimate of drug-likeness (QED) is 0.581. The molecule has 2 N–H and O–H groups in total. The van der Waals surface area contributed by atoms with Crippen LogP contribution in [0.15, 0.2) is 52.2 Å². The van der Waals surface area contributed by atoms with Gasteiger partial charge in [0.05, 0.1) is 10.4 Å². The number of aromatic nitrogens is 1. The highest BCUT2D eigenvalue weighted by Crippen LogP contribution is 2.21. The highest BCUT2D eigenvalue weighted by atomic mass is 32.2. The summed E-state index contributed by atoms with van der Waals surface area (Å²) in [7, 11) is -3.52. The van der Waals surface area contributed by atoms with Crippen molar-refractivity contribution in [1.29, 1.82) is 0 Å². The van der Waals surface area contributed by atoms with Gasteiger partial charge in [0.15, 0.2) is 0 Å². The minimum Gasteiger partial charge on any atom is -0.352 e. The first-order chi connectivity index (χ1) is 15.8. The molecule has 174 valence electrons. The van der Waals surface area contributed by atoms with Crippen molar-refractivity contribution in [3.8, 4) is 0 Å². The number of aryl methyl sites for hydroxylation is 2. The van der Waals surface area contributed by atoms with Crippen molar-refractivity contribution in [2.45, 2.75) is 44.4 Å². The largest absolute Gasteiger partial charge is 0.352 e. The number of piperidine rings is 1. The van der Waals surface area contributed by atoms with Crippen LogP contribution >= 0.6 is 0 Å². The normalized spacial score (nSPS) is 15.0. The SMILES string of the molecule is Cc1ccc2cc(CCNC(=O)c3ccc(S(=O)(=O)N4CCCCC4)cc3)c(=O)[nH]c2c1C. The van der Waals surface area contributed by atoms with Crippen molar-refractivity contribution < 1.29 is 13.2 Å². The Hall–Kier alpha value is -2.97. The Kier molecular flexibility index (Phi) is 6.67. The van der Waals surface area contributed by atoms with Gasteiger partial charge in [0, 0.05) is 30.8 Å². The molecule has 7 nitrogen and oxygen atoms in total. The van der Waals surface area contributed by atoms with E-state index in [-0.39, 0.29) is 16.4 Å². The van der Waals surface area contributed by atoms with E-state index >= 15 is 0 Å². The molecule has 0 radical (unpaired) electrons. The molecule has 0 unspecified atom stereocenters. The molecule has 4 rings (SSSR count). The maximum absolute atomic E-state index is 12.8. The fourth-order valence-electron chi connectivity index (χ4n) is 4.20. The van der Waals surface area contributed by atoms with Gasteiger partial charge < -0.3 is 10.3 Å². The summed E-state index contributed by atoms with van der Waals surface area (Å²) in [6, 6.07) is 11.9. The molecule has 0 atom stereocenters. The molecule has 1 fully saturated rings. The topological polar surface area (TPSA) is 99.3 Å². The van der Waals surface area contributed by atoms with Gasteiger partial charge in [-0.05, 0) is 80.0 Å². The summed E-state index contributed by atoms with van der Waals surface area (Å²) in [6.07, 6.45) is 3.19. The van der Waals surface area contributed by atoms with Crippen molar-refractivity contribution >= 4 is 26.8 Å². The Morgan fingerprint density at radius 2 is 1.73 bits per heavy atom. The van der Waals surface area contributed by atoms with Crippen LogP contribution in [0.25, 0.3) is 10.9 Å². The molecule has 3 aromatic rings. The zero-order valence-corrected chi connectivity index (χ0v) is 19.8. The lowest BCUT2D eigenvalue weighted by Crippen LogP contribution is -2.35. The van der Waals surface area contributed by atoms with E-state index in [1.807, 2.05) is 32.0 Å². The average molecular weight is 468 g/mol. The molecule has 0 spiro atoms. The molecule has 1 aromatic heterocycles. The van der Waals surface area contributed by atoms with E-state index in [1.54, 1.807) is 0 Å². The van der Waals surface area contributed by atoms with Crippen molar-refractivity contribution in [2.24, 2.45) is 0 Å². The van der Waals surface area contributed by atoms with Gasteiger partial charge in [-0.3, -0.25) is 9.59 Å². The van der Waals surface area contributed by atoms with Crippen LogP contribution in [0.2, 0.25) is 0 Å². The minimum atomic E-state index is -3.52. The number of pyridine rings is 1. The third kappa shape index (κ3) is 4.86. The van der Waals surface area contributed by atoms with Crippen LogP contribution in [0.5, 0.6) is 0 Å². The number of amides is 1. The predicted octanol–water partition coefficient (Wildman–Crippen LogP) is 3.29. The Balaban J connectivity index is 1.40. The van der Waals surface area contributed by atoms with E-state index in [0.29, 0.717) is 37.2 Å². The van der Waals surface area contributed by atoms with Crippen LogP contribution in [-0.4, -0.2) is 43.2 Å². The highest BCUT2D eigenvalue weighted by Gasteiger charge is 2.25. The maximum Gasteiger partial charge on any atom is 0.251 e. The van der Waals surface area contributed by atoms with Crippen LogP contribution in [0.3, 0.4) is 0 Å². The van der Waals surface area contributed by atoms with E-state index in [2.05, 4.69) is 10.3 Å². The average Bonchev–Trinajstić information content (AvgIpc) is 2.83. The van der Waals surface area contributed by atoms with Gasteiger partial charge in [-0.1, -0.05) is 18.6 Å². The van der Waals surface area contributed by atoms with Crippen LogP contribution in [0.1, 0.15) is 46.3 Å². The zero-order chi connectivity index (χ0) is 23.6. The Morgan fingerprint density at radius 3 is 2.42 bits per heavy atom. The summed E-state index contributed by atoms with van der Waals surface area (Å²) in [5, 5.41) is 3.78. The van der Waals surface area contributed by atoms with E-state index in [0.717, 1.165) is 41.3 Å². The molecular weight excluding hydrogens is 438 g/mol. The second-order valence-electron chi connectivity index (χ2n) is 8.59. The number of rotatable bonds is 6. The van der Waals surface area contributed by atoms with Gasteiger partial charge in [0.2, 0.25) is 10.0 Å². The van der Waals surface area contributed by atoms with Crippen LogP contribution in [0, 0.1) is 13.8 Å². The van der Waals surface area contributed by atoms with E-state index in [9.17, 15) is 18.0 Å². The number of fused-ring (bicyclic) bond motifs is 1. The Labute approximate surface area is 193 Å². The molecule has 33 heavy (non-hydrogen) atoms. The summed E-state index contributed by atoms with van der Waals surface area (Å²) in [6.45, 7) is 5.37. The molecule has 1 amide bonds. The van der Waals surface area contributed by atoms with Gasteiger partial charge in [-0.2, -0.15) is 4.31 Å². The van der Waals surface area contributed by atoms with Crippen molar-refractivity contribution in [3.63, 3.8) is 0 Å². The summed E-state index contributed by atoms with van der Waals surface area (Å²) < 4.78 is 27.0. The number of H-pyrrole nitrogens is 1. The second kappa shape index (κ2) is 9.49. The molecule has 2 heterocycles. The van der Waals surface area contributed by atoms with Gasteiger partial charge in [0.25, 0.3) is 11.5 Å². The lowest BCUT2D eigenvalue weighted by Gasteiger charge is -2.25. The van der Waals surface area contributed by atoms with Crippen molar-refractivity contribution in [3.05, 3.63) is 75.1 Å². The first-order valence-corrected chi connectivity index (χ1v) is 12.7. The van der Waals surface area contributed by atoms with Gasteiger partial charge in [0.1, 0.15) is 0 Å². The first kappa shape index (κ1) is 23.2. The van der Waals surface area contributed by atoms with Crippen molar-refractivity contribution in [2.75, 3.05) is 19.6 Å². The third-order valence-electron chi connectivity index (χ3n) is 6.38. The number of sulfonamides is 1. The van der Waals surface area contributed by atoms with E-state index in [1.165, 1.54) is 28.6 Å². The predicted molar refractivity (Wildman–Crippen MR) is 129 cm³/mol. The number of nitrogens with zero attached hydrogens (tertiary/aromatic N) is 1. The van der Waals surface area contributed by atoms with Crippen LogP contribution in [-0.2, 0) is 16.4 Å². The summed E-state index contributed by atoms with van der Waals surface area (Å²) in [4.78, 5) is 28.2. The second-order valence-corrected chi connectivity index (χ2v) is 10.5. The number of nitrogens with one attached hydrogen (secondary N) is 2. The monoisotopic (exact) mass is 467 g/mol. The van der Waals surface area contributed by atoms with Gasteiger partial charge in [-0.15, -0.1) is 0 Å². The zero-order valence-electron chi connectivity index (χ0n) is 19.0. The molecule has 2 aromatic carbocycles. The van der Waals surface area contributed by atoms with Gasteiger partial charge >= 0.3 is 0 Å². The summed E-state index contributed by atoms with van der Waals surface area (Å²) in [5.41, 5.74) is 3.84. The molecule has 1 aliphatic rings. The molecule has 1 saturated heterocycles. The standard InChI is InChI=1S/C25H29N3O4S/c1-17-6-7-20-16-21(25(30)27-23(20)18(17)2)12-13-26-24(29)19-8-10-22(11-9-19)33(31,32)28-14-4-3-5-15-28/h6-11,16H,3-5,12-15H2,1-2H3,(H,26,29)(H,27,30). The van der Waals surface area contributed by atoms with Gasteiger partial charge in [-0.25, -0.2) is 8.42 Å². The molecule has 0 bridgehead atoms. The lowest BCUT2D eigenvalue weighted by atomic mass is 10.0. The first-order valence-electron chi connectivity index (χ1n) is 11.3. The number of hydrogen-bond acceptors (Lipinski definition) is 4. The number of aromatic amines is 1. The van der Waals surface area contributed by atoms with E-state index < -0.39 is 10.0 Å². The molecule has 0 saturated carbocycles. The van der Waals surface area contributed by atoms with E-state index in [4.69, 9.17) is 0 Å². The van der Waals surface area contributed by atoms with Crippen molar-refractivity contribution in [1.82, 2.24) is 14.6 Å². The fraction of sp³-hybridized carbons (Fsp3) is 0.360. The molecule has 1 aliphatic heterocycles. The Morgan fingerprint density at radius 1 is 1.03 bits per heavy atom.